The Morgan fingerprint density at radius 2 is 1.66 bits per heavy atom. The Kier molecular flexibility index (Phi) is 10.9. The molecule has 0 aromatic heterocycles. The van der Waals surface area contributed by atoms with E-state index in [-0.39, 0.29) is 17.7 Å². The van der Waals surface area contributed by atoms with Crippen molar-refractivity contribution >= 4 is 17.5 Å². The number of carbonyl (C=O) groups is 2. The Labute approximate surface area is 210 Å². The number of hydrogen-bond donors (Lipinski definition) is 3. The maximum absolute atomic E-state index is 13.2. The molecular weight excluding hydrogens is 438 g/mol. The van der Waals surface area contributed by atoms with Gasteiger partial charge >= 0.3 is 0 Å². The molecule has 0 unspecified atom stereocenters. The SMILES string of the molecule is CC[C@@H](C(=O)N[C@@H](CCC1CCCCC1)C(=O)NCCNc1ccc(OC)cc1)c1ccccc1. The minimum absolute atomic E-state index is 0.0705. The summed E-state index contributed by atoms with van der Waals surface area (Å²) in [6, 6.07) is 17.0. The van der Waals surface area contributed by atoms with E-state index in [2.05, 4.69) is 16.0 Å². The van der Waals surface area contributed by atoms with Crippen molar-refractivity contribution in [1.29, 1.82) is 0 Å². The first-order valence-corrected chi connectivity index (χ1v) is 13.1. The molecule has 35 heavy (non-hydrogen) atoms. The van der Waals surface area contributed by atoms with Gasteiger partial charge in [0.1, 0.15) is 11.8 Å². The Morgan fingerprint density at radius 1 is 0.943 bits per heavy atom. The van der Waals surface area contributed by atoms with Crippen molar-refractivity contribution in [3.05, 3.63) is 60.2 Å². The van der Waals surface area contributed by atoms with Crippen molar-refractivity contribution in [3.8, 4) is 5.75 Å². The summed E-state index contributed by atoms with van der Waals surface area (Å²) in [4.78, 5) is 26.3. The lowest BCUT2D eigenvalue weighted by Gasteiger charge is -2.26. The zero-order valence-corrected chi connectivity index (χ0v) is 21.2. The van der Waals surface area contributed by atoms with Gasteiger partial charge < -0.3 is 20.7 Å². The van der Waals surface area contributed by atoms with Crippen LogP contribution in [0.2, 0.25) is 0 Å². The quantitative estimate of drug-likeness (QED) is 0.342. The van der Waals surface area contributed by atoms with Gasteiger partial charge in [-0.1, -0.05) is 69.4 Å². The first-order chi connectivity index (χ1) is 17.1. The van der Waals surface area contributed by atoms with E-state index >= 15 is 0 Å². The maximum Gasteiger partial charge on any atom is 0.242 e. The number of carbonyl (C=O) groups excluding carboxylic acids is 2. The van der Waals surface area contributed by atoms with Gasteiger partial charge in [0.25, 0.3) is 0 Å². The van der Waals surface area contributed by atoms with Crippen LogP contribution in [0.4, 0.5) is 5.69 Å². The van der Waals surface area contributed by atoms with Crippen LogP contribution in [0.3, 0.4) is 0 Å². The van der Waals surface area contributed by atoms with Crippen LogP contribution in [0.15, 0.2) is 54.6 Å². The molecule has 1 aliphatic carbocycles. The number of hydrogen-bond acceptors (Lipinski definition) is 4. The standard InChI is InChI=1S/C29H41N3O3/c1-3-26(23-12-8-5-9-13-23)28(33)32-27(19-14-22-10-6-4-7-11-22)29(34)31-21-20-30-24-15-17-25(35-2)18-16-24/h5,8-9,12-13,15-18,22,26-27,30H,3-4,6-7,10-11,14,19-21H2,1-2H3,(H,31,34)(H,32,33)/t26-,27+/m1/s1. The van der Waals surface area contributed by atoms with Crippen LogP contribution in [0, 0.1) is 5.92 Å². The normalized spacial score (nSPS) is 15.6. The van der Waals surface area contributed by atoms with Gasteiger partial charge in [-0.15, -0.1) is 0 Å². The van der Waals surface area contributed by atoms with Crippen LogP contribution >= 0.6 is 0 Å². The molecule has 2 atom stereocenters. The molecule has 0 saturated heterocycles. The van der Waals surface area contributed by atoms with Crippen molar-refractivity contribution in [3.63, 3.8) is 0 Å². The zero-order valence-electron chi connectivity index (χ0n) is 21.2. The molecule has 0 aliphatic heterocycles. The molecule has 2 aromatic carbocycles. The van der Waals surface area contributed by atoms with Crippen molar-refractivity contribution in [2.45, 2.75) is 70.3 Å². The number of nitrogens with one attached hydrogen (secondary N) is 3. The van der Waals surface area contributed by atoms with E-state index in [0.29, 0.717) is 31.8 Å². The van der Waals surface area contributed by atoms with Gasteiger partial charge in [0, 0.05) is 18.8 Å². The molecule has 1 saturated carbocycles. The predicted molar refractivity (Wildman–Crippen MR) is 142 cm³/mol. The summed E-state index contributed by atoms with van der Waals surface area (Å²) in [5, 5.41) is 9.42. The highest BCUT2D eigenvalue weighted by Gasteiger charge is 2.26. The summed E-state index contributed by atoms with van der Waals surface area (Å²) in [5.74, 6) is 1.04. The molecule has 0 bridgehead atoms. The molecule has 0 heterocycles. The fourth-order valence-corrected chi connectivity index (χ4v) is 4.90. The lowest BCUT2D eigenvalue weighted by molar-refractivity contribution is -0.130. The van der Waals surface area contributed by atoms with E-state index in [9.17, 15) is 9.59 Å². The highest BCUT2D eigenvalue weighted by atomic mass is 16.5. The first-order valence-electron chi connectivity index (χ1n) is 13.1. The molecular formula is C29H41N3O3. The maximum atomic E-state index is 13.2. The summed E-state index contributed by atoms with van der Waals surface area (Å²) < 4.78 is 5.18. The second kappa shape index (κ2) is 14.4. The van der Waals surface area contributed by atoms with Crippen LogP contribution in [0.25, 0.3) is 0 Å². The van der Waals surface area contributed by atoms with Crippen molar-refractivity contribution in [2.24, 2.45) is 5.92 Å². The third-order valence-corrected chi connectivity index (χ3v) is 6.99. The lowest BCUT2D eigenvalue weighted by atomic mass is 9.85. The number of benzene rings is 2. The molecule has 2 amide bonds. The largest absolute Gasteiger partial charge is 0.497 e. The second-order valence-electron chi connectivity index (χ2n) is 9.46. The fourth-order valence-electron chi connectivity index (χ4n) is 4.90. The highest BCUT2D eigenvalue weighted by molar-refractivity contribution is 5.90. The minimum atomic E-state index is -0.511. The van der Waals surface area contributed by atoms with E-state index in [1.165, 1.54) is 32.1 Å². The summed E-state index contributed by atoms with van der Waals surface area (Å²) in [7, 11) is 1.64. The average Bonchev–Trinajstić information content (AvgIpc) is 2.91. The van der Waals surface area contributed by atoms with Crippen LogP contribution in [0.1, 0.15) is 69.8 Å². The molecule has 6 heteroatoms. The lowest BCUT2D eigenvalue weighted by Crippen LogP contribution is -2.49. The van der Waals surface area contributed by atoms with Gasteiger partial charge in [0.15, 0.2) is 0 Å². The third-order valence-electron chi connectivity index (χ3n) is 6.99. The number of anilines is 1. The Hall–Kier alpha value is -3.02. The third kappa shape index (κ3) is 8.61. The van der Waals surface area contributed by atoms with Crippen LogP contribution in [0.5, 0.6) is 5.75 Å². The zero-order chi connectivity index (χ0) is 24.9. The molecule has 1 aliphatic rings. The van der Waals surface area contributed by atoms with E-state index in [1.54, 1.807) is 7.11 Å². The number of amides is 2. The van der Waals surface area contributed by atoms with Gasteiger partial charge in [0.2, 0.25) is 11.8 Å². The van der Waals surface area contributed by atoms with Gasteiger partial charge in [-0.05, 0) is 55.0 Å². The minimum Gasteiger partial charge on any atom is -0.497 e. The van der Waals surface area contributed by atoms with Crippen molar-refractivity contribution in [2.75, 3.05) is 25.5 Å². The predicted octanol–water partition coefficient (Wildman–Crippen LogP) is 5.26. The summed E-state index contributed by atoms with van der Waals surface area (Å²) >= 11 is 0. The number of ether oxygens (including phenoxy) is 1. The van der Waals surface area contributed by atoms with Gasteiger partial charge in [0.05, 0.1) is 13.0 Å². The van der Waals surface area contributed by atoms with E-state index in [4.69, 9.17) is 4.74 Å². The number of methoxy groups -OCH3 is 1. The topological polar surface area (TPSA) is 79.5 Å². The van der Waals surface area contributed by atoms with Crippen LogP contribution in [-0.4, -0.2) is 38.1 Å². The van der Waals surface area contributed by atoms with E-state index in [0.717, 1.165) is 23.4 Å². The fraction of sp³-hybridized carbons (Fsp3) is 0.517. The highest BCUT2D eigenvalue weighted by Crippen LogP contribution is 2.28. The van der Waals surface area contributed by atoms with E-state index in [1.807, 2.05) is 61.5 Å². The van der Waals surface area contributed by atoms with Gasteiger partial charge in [-0.25, -0.2) is 0 Å². The van der Waals surface area contributed by atoms with Crippen LogP contribution < -0.4 is 20.7 Å². The Morgan fingerprint density at radius 3 is 2.31 bits per heavy atom. The molecule has 3 N–H and O–H groups in total. The van der Waals surface area contributed by atoms with Gasteiger partial charge in [-0.3, -0.25) is 9.59 Å². The summed E-state index contributed by atoms with van der Waals surface area (Å²) in [6.45, 7) is 3.10. The molecule has 0 spiro atoms. The van der Waals surface area contributed by atoms with Crippen molar-refractivity contribution < 1.29 is 14.3 Å². The summed E-state index contributed by atoms with van der Waals surface area (Å²) in [5.41, 5.74) is 1.96. The number of rotatable bonds is 13. The average molecular weight is 480 g/mol. The molecule has 0 radical (unpaired) electrons. The molecule has 6 nitrogen and oxygen atoms in total. The van der Waals surface area contributed by atoms with Crippen molar-refractivity contribution in [1.82, 2.24) is 10.6 Å². The second-order valence-corrected chi connectivity index (χ2v) is 9.46. The molecule has 190 valence electrons. The smallest absolute Gasteiger partial charge is 0.242 e. The Bertz CT molecular complexity index is 895. The van der Waals surface area contributed by atoms with Gasteiger partial charge in [-0.2, -0.15) is 0 Å². The molecule has 2 aromatic rings. The van der Waals surface area contributed by atoms with Crippen LogP contribution in [-0.2, 0) is 9.59 Å². The molecule has 3 rings (SSSR count). The summed E-state index contributed by atoms with van der Waals surface area (Å²) in [6.07, 6.45) is 8.68. The first kappa shape index (κ1) is 26.6. The monoisotopic (exact) mass is 479 g/mol. The van der Waals surface area contributed by atoms with E-state index < -0.39 is 6.04 Å². The Balaban J connectivity index is 1.55. The molecule has 1 fully saturated rings.